The van der Waals surface area contributed by atoms with Crippen LogP contribution in [0.5, 0.6) is 5.75 Å². The van der Waals surface area contributed by atoms with E-state index < -0.39 is 0 Å². The summed E-state index contributed by atoms with van der Waals surface area (Å²) >= 11 is 0. The molecule has 0 unspecified atom stereocenters. The minimum absolute atomic E-state index is 0.211. The molecule has 3 heterocycles. The van der Waals surface area contributed by atoms with Crippen molar-refractivity contribution < 1.29 is 4.74 Å². The van der Waals surface area contributed by atoms with Gasteiger partial charge >= 0.3 is 5.69 Å². The smallest absolute Gasteiger partial charge is 0.339 e. The van der Waals surface area contributed by atoms with Crippen LogP contribution in [0.25, 0.3) is 11.5 Å². The number of ether oxygens (including phenoxy) is 1. The highest BCUT2D eigenvalue weighted by atomic mass is 16.5. The summed E-state index contributed by atoms with van der Waals surface area (Å²) < 4.78 is 8.74. The van der Waals surface area contributed by atoms with Crippen molar-refractivity contribution in [2.24, 2.45) is 0 Å². The molecular formula is C20H18N4O2. The number of aryl methyl sites for hydroxylation is 2. The van der Waals surface area contributed by atoms with Gasteiger partial charge in [-0.2, -0.15) is 0 Å². The predicted molar refractivity (Wildman–Crippen MR) is 98.8 cm³/mol. The van der Waals surface area contributed by atoms with Gasteiger partial charge in [-0.1, -0.05) is 18.2 Å². The van der Waals surface area contributed by atoms with Crippen molar-refractivity contribution in [2.45, 2.75) is 20.5 Å². The second-order valence-electron chi connectivity index (χ2n) is 6.16. The molecule has 0 fully saturated rings. The van der Waals surface area contributed by atoms with Crippen LogP contribution in [-0.4, -0.2) is 18.9 Å². The topological polar surface area (TPSA) is 61.4 Å². The van der Waals surface area contributed by atoms with Gasteiger partial charge in [0.25, 0.3) is 0 Å². The molecule has 0 aliphatic carbocycles. The number of rotatable bonds is 4. The minimum atomic E-state index is -0.211. The molecular weight excluding hydrogens is 328 g/mol. The second kappa shape index (κ2) is 6.48. The van der Waals surface area contributed by atoms with Crippen molar-refractivity contribution in [1.29, 1.82) is 0 Å². The summed E-state index contributed by atoms with van der Waals surface area (Å²) in [4.78, 5) is 21.6. The lowest BCUT2D eigenvalue weighted by Gasteiger charge is -2.07. The number of para-hydroxylation sites is 1. The largest absolute Gasteiger partial charge is 0.487 e. The number of nitrogens with zero attached hydrogens (tertiary/aromatic N) is 4. The monoisotopic (exact) mass is 346 g/mol. The first-order valence-corrected chi connectivity index (χ1v) is 8.33. The molecule has 0 N–H and O–H groups in total. The molecule has 6 nitrogen and oxygen atoms in total. The zero-order chi connectivity index (χ0) is 18.1. The number of imidazole rings is 1. The fourth-order valence-electron chi connectivity index (χ4n) is 2.70. The third-order valence-corrected chi connectivity index (χ3v) is 4.30. The van der Waals surface area contributed by atoms with Gasteiger partial charge in [0, 0.05) is 18.6 Å². The number of fused-ring (bicyclic) bond motifs is 1. The van der Waals surface area contributed by atoms with Crippen molar-refractivity contribution in [1.82, 2.24) is 18.9 Å². The van der Waals surface area contributed by atoms with Gasteiger partial charge in [-0.3, -0.25) is 8.97 Å². The van der Waals surface area contributed by atoms with Crippen LogP contribution < -0.4 is 10.4 Å². The first kappa shape index (κ1) is 16.1. The first-order chi connectivity index (χ1) is 12.6. The first-order valence-electron chi connectivity index (χ1n) is 8.33. The van der Waals surface area contributed by atoms with E-state index in [1.165, 1.54) is 8.97 Å². The van der Waals surface area contributed by atoms with E-state index in [-0.39, 0.29) is 5.69 Å². The van der Waals surface area contributed by atoms with Gasteiger partial charge in [0.15, 0.2) is 0 Å². The number of benzene rings is 1. The molecule has 0 aliphatic heterocycles. The van der Waals surface area contributed by atoms with E-state index in [0.29, 0.717) is 23.8 Å². The van der Waals surface area contributed by atoms with Gasteiger partial charge < -0.3 is 4.74 Å². The van der Waals surface area contributed by atoms with E-state index in [4.69, 9.17) is 4.74 Å². The second-order valence-corrected chi connectivity index (χ2v) is 6.16. The third-order valence-electron chi connectivity index (χ3n) is 4.30. The summed E-state index contributed by atoms with van der Waals surface area (Å²) in [5.74, 6) is 1.36. The maximum Gasteiger partial charge on any atom is 0.339 e. The molecule has 0 atom stereocenters. The molecule has 130 valence electrons. The Kier molecular flexibility index (Phi) is 4.01. The lowest BCUT2D eigenvalue weighted by molar-refractivity contribution is 0.302. The highest BCUT2D eigenvalue weighted by Gasteiger charge is 2.10. The van der Waals surface area contributed by atoms with Gasteiger partial charge in [-0.25, -0.2) is 14.8 Å². The quantitative estimate of drug-likeness (QED) is 0.570. The molecule has 0 saturated carbocycles. The Hall–Kier alpha value is -3.41. The fraction of sp³-hybridized carbons (Fsp3) is 0.150. The van der Waals surface area contributed by atoms with Gasteiger partial charge in [0.2, 0.25) is 0 Å². The van der Waals surface area contributed by atoms with E-state index in [9.17, 15) is 4.79 Å². The highest BCUT2D eigenvalue weighted by molar-refractivity contribution is 5.40. The van der Waals surface area contributed by atoms with Crippen molar-refractivity contribution >= 4 is 5.65 Å². The highest BCUT2D eigenvalue weighted by Crippen LogP contribution is 2.13. The number of hydrogen-bond donors (Lipinski definition) is 0. The third kappa shape index (κ3) is 2.97. The molecule has 0 bridgehead atoms. The van der Waals surface area contributed by atoms with E-state index in [0.717, 1.165) is 16.9 Å². The minimum Gasteiger partial charge on any atom is -0.487 e. The average molecular weight is 346 g/mol. The molecule has 0 radical (unpaired) electrons. The Balaban J connectivity index is 1.67. The normalized spacial score (nSPS) is 11.0. The van der Waals surface area contributed by atoms with E-state index in [1.54, 1.807) is 24.7 Å². The molecule has 0 spiro atoms. The summed E-state index contributed by atoms with van der Waals surface area (Å²) in [6.07, 6.45) is 5.18. The van der Waals surface area contributed by atoms with Crippen LogP contribution in [0.4, 0.5) is 0 Å². The predicted octanol–water partition coefficient (Wildman–Crippen LogP) is 3.08. The van der Waals surface area contributed by atoms with Crippen LogP contribution in [0, 0.1) is 13.8 Å². The van der Waals surface area contributed by atoms with Crippen molar-refractivity contribution in [3.63, 3.8) is 0 Å². The Labute approximate surface area is 150 Å². The Bertz CT molecular complexity index is 1130. The summed E-state index contributed by atoms with van der Waals surface area (Å²) in [6.45, 7) is 4.29. The van der Waals surface area contributed by atoms with Gasteiger partial charge in [0.1, 0.15) is 23.8 Å². The van der Waals surface area contributed by atoms with Gasteiger partial charge in [-0.05, 0) is 49.2 Å². The molecule has 26 heavy (non-hydrogen) atoms. The summed E-state index contributed by atoms with van der Waals surface area (Å²) in [7, 11) is 0. The molecule has 3 aromatic heterocycles. The summed E-state index contributed by atoms with van der Waals surface area (Å²) in [5, 5.41) is 0. The van der Waals surface area contributed by atoms with Crippen LogP contribution in [0.1, 0.15) is 16.8 Å². The summed E-state index contributed by atoms with van der Waals surface area (Å²) in [5.41, 5.74) is 3.24. The number of aromatic nitrogens is 4. The van der Waals surface area contributed by atoms with Crippen molar-refractivity contribution in [3.05, 3.63) is 88.4 Å². The fourth-order valence-corrected chi connectivity index (χ4v) is 2.70. The number of pyridine rings is 1. The summed E-state index contributed by atoms with van der Waals surface area (Å²) in [6, 6.07) is 13.2. The van der Waals surface area contributed by atoms with Crippen molar-refractivity contribution in [3.8, 4) is 11.6 Å². The zero-order valence-corrected chi connectivity index (χ0v) is 14.6. The molecule has 6 heteroatoms. The van der Waals surface area contributed by atoms with Crippen LogP contribution >= 0.6 is 0 Å². The number of hydrogen-bond acceptors (Lipinski definition) is 4. The molecule has 0 amide bonds. The van der Waals surface area contributed by atoms with Crippen molar-refractivity contribution in [2.75, 3.05) is 0 Å². The molecule has 0 saturated heterocycles. The standard InChI is InChI=1S/C20H18N4O2/c1-14-10-19(21-11-15(14)2)23-9-8-18-22-16(12-24(18)20(23)25)13-26-17-6-4-3-5-7-17/h3-12H,13H2,1-2H3. The maximum atomic E-state index is 12.8. The Morgan fingerprint density at radius 3 is 2.65 bits per heavy atom. The zero-order valence-electron chi connectivity index (χ0n) is 14.6. The van der Waals surface area contributed by atoms with E-state index >= 15 is 0 Å². The van der Waals surface area contributed by atoms with Gasteiger partial charge in [-0.15, -0.1) is 0 Å². The van der Waals surface area contributed by atoms with Crippen LogP contribution in [0.15, 0.2) is 65.8 Å². The molecule has 4 rings (SSSR count). The molecule has 0 aliphatic rings. The van der Waals surface area contributed by atoms with Crippen LogP contribution in [-0.2, 0) is 6.61 Å². The molecule has 1 aromatic carbocycles. The SMILES string of the molecule is Cc1cnc(-n2ccc3nc(COc4ccccc4)cn3c2=O)cc1C. The average Bonchev–Trinajstić information content (AvgIpc) is 3.08. The van der Waals surface area contributed by atoms with Crippen LogP contribution in [0.2, 0.25) is 0 Å². The van der Waals surface area contributed by atoms with Crippen LogP contribution in [0.3, 0.4) is 0 Å². The van der Waals surface area contributed by atoms with E-state index in [2.05, 4.69) is 9.97 Å². The maximum absolute atomic E-state index is 12.8. The lowest BCUT2D eigenvalue weighted by Crippen LogP contribution is -2.24. The molecule has 4 aromatic rings. The lowest BCUT2D eigenvalue weighted by atomic mass is 10.2. The Morgan fingerprint density at radius 2 is 1.88 bits per heavy atom. The Morgan fingerprint density at radius 1 is 1.08 bits per heavy atom. The van der Waals surface area contributed by atoms with Gasteiger partial charge in [0.05, 0.1) is 5.69 Å². The van der Waals surface area contributed by atoms with E-state index in [1.807, 2.05) is 50.2 Å².